The molecule has 0 aliphatic carbocycles. The third-order valence-electron chi connectivity index (χ3n) is 7.52. The highest BCUT2D eigenvalue weighted by atomic mass is 35.5. The smallest absolute Gasteiger partial charge is 0.172 e. The molecule has 2 aliphatic heterocycles. The number of nitrogens with zero attached hydrogens (tertiary/aromatic N) is 1. The van der Waals surface area contributed by atoms with Crippen LogP contribution in [0.3, 0.4) is 0 Å². The molecule has 5 rings (SSSR count). The quantitative estimate of drug-likeness (QED) is 0.433. The van der Waals surface area contributed by atoms with Crippen molar-refractivity contribution in [2.45, 2.75) is 18.8 Å². The molecule has 3 aromatic rings. The van der Waals surface area contributed by atoms with E-state index in [4.69, 9.17) is 0 Å². The topological polar surface area (TPSA) is 34.1 Å². The number of carbonyl (C=O) groups excluding carboxylic acids is 2. The van der Waals surface area contributed by atoms with Crippen molar-refractivity contribution in [1.29, 1.82) is 0 Å². The van der Waals surface area contributed by atoms with E-state index in [0.29, 0.717) is 0 Å². The molecule has 33 heavy (non-hydrogen) atoms. The van der Waals surface area contributed by atoms with E-state index in [9.17, 15) is 9.59 Å². The van der Waals surface area contributed by atoms with Crippen molar-refractivity contribution in [3.05, 3.63) is 108 Å². The SMILES string of the molecule is O=C(c1ccccc1)C1C[N+]2(CCCC2)CC(C(=O)c2ccccc2)C1c1ccccc1.[Cl-]. The fraction of sp³-hybridized carbons (Fsp3) is 0.310. The van der Waals surface area contributed by atoms with Gasteiger partial charge in [0, 0.05) is 29.9 Å². The molecule has 0 aromatic heterocycles. The lowest BCUT2D eigenvalue weighted by atomic mass is 9.68. The molecule has 0 amide bonds. The first-order valence-corrected chi connectivity index (χ1v) is 11.8. The number of hydrogen-bond donors (Lipinski definition) is 0. The molecule has 1 spiro atoms. The Kier molecular flexibility index (Phi) is 7.11. The van der Waals surface area contributed by atoms with Gasteiger partial charge in [0.05, 0.1) is 38.0 Å². The van der Waals surface area contributed by atoms with Crippen LogP contribution >= 0.6 is 0 Å². The summed E-state index contributed by atoms with van der Waals surface area (Å²) in [6.07, 6.45) is 2.35. The minimum absolute atomic E-state index is 0. The third-order valence-corrected chi connectivity index (χ3v) is 7.52. The normalized spacial score (nSPS) is 23.6. The maximum absolute atomic E-state index is 13.9. The van der Waals surface area contributed by atoms with Gasteiger partial charge in [0.2, 0.25) is 0 Å². The molecule has 170 valence electrons. The summed E-state index contributed by atoms with van der Waals surface area (Å²) in [6, 6.07) is 29.5. The average molecular weight is 460 g/mol. The van der Waals surface area contributed by atoms with Gasteiger partial charge in [-0.3, -0.25) is 9.59 Å². The summed E-state index contributed by atoms with van der Waals surface area (Å²) in [7, 11) is 0. The Hall–Kier alpha value is -2.75. The van der Waals surface area contributed by atoms with Gasteiger partial charge in [0.25, 0.3) is 0 Å². The fourth-order valence-corrected chi connectivity index (χ4v) is 6.05. The van der Waals surface area contributed by atoms with E-state index >= 15 is 0 Å². The predicted molar refractivity (Wildman–Crippen MR) is 127 cm³/mol. The van der Waals surface area contributed by atoms with E-state index in [1.165, 1.54) is 12.8 Å². The van der Waals surface area contributed by atoms with Gasteiger partial charge < -0.3 is 16.9 Å². The summed E-state index contributed by atoms with van der Waals surface area (Å²) in [4.78, 5) is 27.8. The first kappa shape index (κ1) is 23.4. The molecule has 2 heterocycles. The molecular weight excluding hydrogens is 430 g/mol. The lowest BCUT2D eigenvalue weighted by molar-refractivity contribution is -0.926. The number of rotatable bonds is 5. The van der Waals surface area contributed by atoms with Crippen molar-refractivity contribution in [3.8, 4) is 0 Å². The molecule has 3 nitrogen and oxygen atoms in total. The fourth-order valence-electron chi connectivity index (χ4n) is 6.05. The second-order valence-electron chi connectivity index (χ2n) is 9.47. The van der Waals surface area contributed by atoms with Crippen LogP contribution < -0.4 is 12.4 Å². The Labute approximate surface area is 202 Å². The second kappa shape index (κ2) is 10.0. The molecule has 2 aliphatic rings. The van der Waals surface area contributed by atoms with Gasteiger partial charge in [-0.2, -0.15) is 0 Å². The van der Waals surface area contributed by atoms with Crippen molar-refractivity contribution in [3.63, 3.8) is 0 Å². The van der Waals surface area contributed by atoms with Gasteiger partial charge in [0.15, 0.2) is 11.6 Å². The highest BCUT2D eigenvalue weighted by Gasteiger charge is 2.52. The van der Waals surface area contributed by atoms with E-state index in [-0.39, 0.29) is 41.7 Å². The highest BCUT2D eigenvalue weighted by Crippen LogP contribution is 2.44. The van der Waals surface area contributed by atoms with E-state index in [2.05, 4.69) is 12.1 Å². The predicted octanol–water partition coefficient (Wildman–Crippen LogP) is 2.40. The number of quaternary nitrogens is 1. The number of carbonyl (C=O) groups is 2. The molecule has 4 heteroatoms. The van der Waals surface area contributed by atoms with Gasteiger partial charge in [-0.05, 0) is 5.56 Å². The molecule has 0 N–H and O–H groups in total. The summed E-state index contributed by atoms with van der Waals surface area (Å²) < 4.78 is 0.899. The molecule has 2 atom stereocenters. The van der Waals surface area contributed by atoms with Crippen molar-refractivity contribution in [2.75, 3.05) is 26.2 Å². The lowest BCUT2D eigenvalue weighted by Gasteiger charge is -2.48. The molecule has 2 fully saturated rings. The molecule has 3 aromatic carbocycles. The maximum atomic E-state index is 13.9. The zero-order chi connectivity index (χ0) is 22.0. The summed E-state index contributed by atoms with van der Waals surface area (Å²) in [5.41, 5.74) is 2.61. The van der Waals surface area contributed by atoms with Crippen molar-refractivity contribution in [2.24, 2.45) is 11.8 Å². The van der Waals surface area contributed by atoms with Crippen molar-refractivity contribution < 1.29 is 26.5 Å². The third kappa shape index (κ3) is 4.66. The Bertz CT molecular complexity index is 1010. The Balaban J connectivity index is 0.00000259. The zero-order valence-corrected chi connectivity index (χ0v) is 19.5. The monoisotopic (exact) mass is 459 g/mol. The summed E-state index contributed by atoms with van der Waals surface area (Å²) in [6.45, 7) is 3.79. The maximum Gasteiger partial charge on any atom is 0.172 e. The first-order valence-electron chi connectivity index (χ1n) is 11.8. The summed E-state index contributed by atoms with van der Waals surface area (Å²) >= 11 is 0. The number of halogens is 1. The van der Waals surface area contributed by atoms with Gasteiger partial charge >= 0.3 is 0 Å². The minimum Gasteiger partial charge on any atom is -1.00 e. The number of ketones is 2. The van der Waals surface area contributed by atoms with Crippen molar-refractivity contribution in [1.82, 2.24) is 0 Å². The van der Waals surface area contributed by atoms with Crippen LogP contribution in [0.1, 0.15) is 45.0 Å². The van der Waals surface area contributed by atoms with Crippen LogP contribution in [0.2, 0.25) is 0 Å². The standard InChI is InChI=1S/C29H30NO2.ClH/c31-28(23-14-6-2-7-15-23)25-20-30(18-10-11-19-30)21-26(27(25)22-12-4-1-5-13-22)29(32)24-16-8-3-9-17-24;/h1-9,12-17,25-27H,10-11,18-21H2;1H/q+1;/p-1. The van der Waals surface area contributed by atoms with Crippen LogP contribution in [0, 0.1) is 11.8 Å². The van der Waals surface area contributed by atoms with Crippen LogP contribution in [0.15, 0.2) is 91.0 Å². The Morgan fingerprint density at radius 2 is 1.00 bits per heavy atom. The summed E-state index contributed by atoms with van der Waals surface area (Å²) in [5, 5.41) is 0. The van der Waals surface area contributed by atoms with Crippen LogP contribution in [0.25, 0.3) is 0 Å². The van der Waals surface area contributed by atoms with Gasteiger partial charge in [0.1, 0.15) is 0 Å². The largest absolute Gasteiger partial charge is 1.00 e. The number of hydrogen-bond acceptors (Lipinski definition) is 2. The van der Waals surface area contributed by atoms with E-state index in [1.54, 1.807) is 0 Å². The van der Waals surface area contributed by atoms with Crippen molar-refractivity contribution >= 4 is 11.6 Å². The zero-order valence-electron chi connectivity index (χ0n) is 18.8. The highest BCUT2D eigenvalue weighted by molar-refractivity contribution is 6.02. The number of Topliss-reactive ketones (excluding diaryl/α,β-unsaturated/α-hetero) is 2. The van der Waals surface area contributed by atoms with Gasteiger partial charge in [-0.1, -0.05) is 91.0 Å². The van der Waals surface area contributed by atoms with Crippen LogP contribution in [0.5, 0.6) is 0 Å². The van der Waals surface area contributed by atoms with Crippen LogP contribution in [-0.2, 0) is 0 Å². The number of benzene rings is 3. The van der Waals surface area contributed by atoms with E-state index in [0.717, 1.165) is 47.4 Å². The van der Waals surface area contributed by atoms with Crippen LogP contribution in [-0.4, -0.2) is 42.2 Å². The molecule has 0 bridgehead atoms. The average Bonchev–Trinajstić information content (AvgIpc) is 3.31. The molecule has 0 saturated carbocycles. The summed E-state index contributed by atoms with van der Waals surface area (Å²) in [5.74, 6) is -0.168. The van der Waals surface area contributed by atoms with Crippen LogP contribution in [0.4, 0.5) is 0 Å². The molecule has 2 saturated heterocycles. The van der Waals surface area contributed by atoms with E-state index < -0.39 is 0 Å². The van der Waals surface area contributed by atoms with E-state index in [1.807, 2.05) is 78.9 Å². The number of piperidine rings is 1. The second-order valence-corrected chi connectivity index (χ2v) is 9.47. The minimum atomic E-state index is -0.204. The Morgan fingerprint density at radius 3 is 1.42 bits per heavy atom. The Morgan fingerprint density at radius 1 is 0.606 bits per heavy atom. The molecule has 2 unspecified atom stereocenters. The van der Waals surface area contributed by atoms with Gasteiger partial charge in [-0.15, -0.1) is 0 Å². The van der Waals surface area contributed by atoms with Gasteiger partial charge in [-0.25, -0.2) is 0 Å². The molecule has 0 radical (unpaired) electrons. The molecular formula is C29H30ClNO2. The lowest BCUT2D eigenvalue weighted by Crippen LogP contribution is -3.00. The first-order chi connectivity index (χ1) is 15.7.